The van der Waals surface area contributed by atoms with Crippen molar-refractivity contribution < 1.29 is 14.3 Å². The van der Waals surface area contributed by atoms with Gasteiger partial charge >= 0.3 is 5.97 Å². The minimum Gasteiger partial charge on any atom is -0.465 e. The zero-order valence-electron chi connectivity index (χ0n) is 16.0. The van der Waals surface area contributed by atoms with E-state index in [-0.39, 0.29) is 5.91 Å². The van der Waals surface area contributed by atoms with Crippen molar-refractivity contribution in [3.05, 3.63) is 65.4 Å². The molecule has 2 N–H and O–H groups in total. The van der Waals surface area contributed by atoms with Gasteiger partial charge in [-0.3, -0.25) is 4.79 Å². The van der Waals surface area contributed by atoms with Crippen LogP contribution in [0.15, 0.2) is 54.2 Å². The molecule has 6 heteroatoms. The van der Waals surface area contributed by atoms with Gasteiger partial charge in [-0.1, -0.05) is 11.6 Å². The van der Waals surface area contributed by atoms with Crippen molar-refractivity contribution in [2.75, 3.05) is 24.3 Å². The van der Waals surface area contributed by atoms with Gasteiger partial charge in [0.25, 0.3) is 5.91 Å². The third-order valence-electron chi connectivity index (χ3n) is 4.72. The lowest BCUT2D eigenvalue weighted by Gasteiger charge is -2.13. The number of hydrogen-bond donors (Lipinski definition) is 2. The summed E-state index contributed by atoms with van der Waals surface area (Å²) in [6, 6.07) is 9.98. The van der Waals surface area contributed by atoms with Crippen LogP contribution in [0.3, 0.4) is 0 Å². The van der Waals surface area contributed by atoms with Gasteiger partial charge in [-0.2, -0.15) is 0 Å². The molecule has 0 aliphatic heterocycles. The Balaban J connectivity index is 1.55. The molecule has 1 aromatic heterocycles. The Morgan fingerprint density at radius 1 is 1.11 bits per heavy atom. The Morgan fingerprint density at radius 2 is 1.93 bits per heavy atom. The quantitative estimate of drug-likeness (QED) is 0.550. The van der Waals surface area contributed by atoms with Crippen LogP contribution < -0.4 is 10.6 Å². The molecule has 1 heterocycles. The molecule has 1 aromatic carbocycles. The normalized spacial score (nSPS) is 13.4. The zero-order chi connectivity index (χ0) is 19.8. The van der Waals surface area contributed by atoms with Crippen molar-refractivity contribution in [3.63, 3.8) is 0 Å². The highest BCUT2D eigenvalue weighted by Crippen LogP contribution is 2.20. The molecule has 0 radical (unpaired) electrons. The van der Waals surface area contributed by atoms with Gasteiger partial charge in [-0.15, -0.1) is 0 Å². The van der Waals surface area contributed by atoms with Crippen LogP contribution in [0.2, 0.25) is 0 Å². The molecule has 0 fully saturated rings. The number of hydrogen-bond acceptors (Lipinski definition) is 5. The van der Waals surface area contributed by atoms with E-state index >= 15 is 0 Å². The zero-order valence-corrected chi connectivity index (χ0v) is 16.0. The molecular formula is C22H25N3O3. The molecule has 28 heavy (non-hydrogen) atoms. The Labute approximate surface area is 165 Å². The predicted octanol–water partition coefficient (Wildman–Crippen LogP) is 4.42. The summed E-state index contributed by atoms with van der Waals surface area (Å²) in [5.41, 5.74) is 3.06. The Kier molecular flexibility index (Phi) is 6.78. The fourth-order valence-electron chi connectivity index (χ4n) is 3.16. The lowest BCUT2D eigenvalue weighted by atomic mass is 9.97. The highest BCUT2D eigenvalue weighted by molar-refractivity contribution is 6.04. The molecule has 6 nitrogen and oxygen atoms in total. The van der Waals surface area contributed by atoms with Crippen molar-refractivity contribution in [1.82, 2.24) is 4.98 Å². The molecule has 0 atom stereocenters. The molecule has 0 saturated carbocycles. The van der Waals surface area contributed by atoms with Crippen LogP contribution in [0.1, 0.15) is 52.8 Å². The molecule has 0 saturated heterocycles. The number of aromatic nitrogens is 1. The van der Waals surface area contributed by atoms with Crippen molar-refractivity contribution in [2.24, 2.45) is 0 Å². The second-order valence-electron chi connectivity index (χ2n) is 6.74. The molecule has 1 amide bonds. The van der Waals surface area contributed by atoms with Crippen LogP contribution in [0.5, 0.6) is 0 Å². The third kappa shape index (κ3) is 5.42. The van der Waals surface area contributed by atoms with Crippen LogP contribution in [-0.4, -0.2) is 30.5 Å². The molecule has 1 aliphatic rings. The fourth-order valence-corrected chi connectivity index (χ4v) is 3.16. The van der Waals surface area contributed by atoms with Crippen molar-refractivity contribution >= 4 is 23.4 Å². The number of esters is 1. The van der Waals surface area contributed by atoms with E-state index in [1.807, 2.05) is 0 Å². The first-order valence-electron chi connectivity index (χ1n) is 9.53. The second kappa shape index (κ2) is 9.69. The van der Waals surface area contributed by atoms with Crippen LogP contribution in [0.25, 0.3) is 0 Å². The summed E-state index contributed by atoms with van der Waals surface area (Å²) in [5, 5.41) is 6.12. The molecule has 1 aliphatic carbocycles. The third-order valence-corrected chi connectivity index (χ3v) is 4.72. The summed E-state index contributed by atoms with van der Waals surface area (Å²) in [6.07, 6.45) is 9.91. The van der Waals surface area contributed by atoms with E-state index in [0.29, 0.717) is 22.6 Å². The summed E-state index contributed by atoms with van der Waals surface area (Å²) < 4.78 is 4.67. The Hall–Kier alpha value is -3.15. The van der Waals surface area contributed by atoms with Gasteiger partial charge in [0.1, 0.15) is 5.82 Å². The van der Waals surface area contributed by atoms with Gasteiger partial charge in [0.15, 0.2) is 0 Å². The van der Waals surface area contributed by atoms with Gasteiger partial charge in [0.05, 0.1) is 12.7 Å². The SMILES string of the molecule is COC(=O)c1ccc(NC(=O)c2ccnc(NCCC3=CCCCC3)c2)cc1. The maximum Gasteiger partial charge on any atom is 0.337 e. The van der Waals surface area contributed by atoms with E-state index < -0.39 is 5.97 Å². The number of amides is 1. The fraction of sp³-hybridized carbons (Fsp3) is 0.318. The number of anilines is 2. The highest BCUT2D eigenvalue weighted by Gasteiger charge is 2.10. The second-order valence-corrected chi connectivity index (χ2v) is 6.74. The van der Waals surface area contributed by atoms with Gasteiger partial charge in [-0.25, -0.2) is 9.78 Å². The smallest absolute Gasteiger partial charge is 0.337 e. The summed E-state index contributed by atoms with van der Waals surface area (Å²) in [5.74, 6) is 0.0445. The number of rotatable bonds is 7. The minimum atomic E-state index is -0.410. The number of carbonyl (C=O) groups excluding carboxylic acids is 2. The first-order chi connectivity index (χ1) is 13.7. The van der Waals surface area contributed by atoms with Gasteiger partial charge in [-0.05, 0) is 68.5 Å². The van der Waals surface area contributed by atoms with E-state index in [0.717, 1.165) is 13.0 Å². The number of carbonyl (C=O) groups is 2. The molecule has 0 spiro atoms. The van der Waals surface area contributed by atoms with Gasteiger partial charge in [0.2, 0.25) is 0 Å². The number of pyridine rings is 1. The van der Waals surface area contributed by atoms with Gasteiger partial charge in [0, 0.05) is 24.0 Å². The lowest BCUT2D eigenvalue weighted by Crippen LogP contribution is -2.13. The number of allylic oxidation sites excluding steroid dienone is 1. The molecule has 3 rings (SSSR count). The number of nitrogens with one attached hydrogen (secondary N) is 2. The summed E-state index contributed by atoms with van der Waals surface area (Å²) in [7, 11) is 1.33. The van der Waals surface area contributed by atoms with Crippen LogP contribution >= 0.6 is 0 Å². The molecule has 146 valence electrons. The van der Waals surface area contributed by atoms with Crippen LogP contribution in [0, 0.1) is 0 Å². The topological polar surface area (TPSA) is 80.3 Å². The molecule has 0 unspecified atom stereocenters. The average molecular weight is 379 g/mol. The lowest BCUT2D eigenvalue weighted by molar-refractivity contribution is 0.0600. The maximum atomic E-state index is 12.5. The largest absolute Gasteiger partial charge is 0.465 e. The minimum absolute atomic E-state index is 0.230. The van der Waals surface area contributed by atoms with Crippen molar-refractivity contribution in [1.29, 1.82) is 0 Å². The summed E-state index contributed by atoms with van der Waals surface area (Å²) >= 11 is 0. The molecular weight excluding hydrogens is 354 g/mol. The first-order valence-corrected chi connectivity index (χ1v) is 9.53. The first kappa shape index (κ1) is 19.6. The molecule has 0 bridgehead atoms. The van der Waals surface area contributed by atoms with Crippen LogP contribution in [-0.2, 0) is 4.74 Å². The maximum absolute atomic E-state index is 12.5. The monoisotopic (exact) mass is 379 g/mol. The van der Waals surface area contributed by atoms with Crippen LogP contribution in [0.4, 0.5) is 11.5 Å². The van der Waals surface area contributed by atoms with E-state index in [9.17, 15) is 9.59 Å². The van der Waals surface area contributed by atoms with E-state index in [1.54, 1.807) is 42.6 Å². The van der Waals surface area contributed by atoms with E-state index in [4.69, 9.17) is 0 Å². The average Bonchev–Trinajstić information content (AvgIpc) is 2.74. The Bertz CT molecular complexity index is 860. The number of benzene rings is 1. The van der Waals surface area contributed by atoms with Crippen molar-refractivity contribution in [2.45, 2.75) is 32.1 Å². The summed E-state index contributed by atoms with van der Waals surface area (Å²) in [4.78, 5) is 28.3. The van der Waals surface area contributed by atoms with E-state index in [2.05, 4.69) is 26.4 Å². The predicted molar refractivity (Wildman–Crippen MR) is 110 cm³/mol. The highest BCUT2D eigenvalue weighted by atomic mass is 16.5. The standard InChI is InChI=1S/C22H25N3O3/c1-28-22(27)17-7-9-19(10-8-17)25-21(26)18-12-14-24-20(15-18)23-13-11-16-5-3-2-4-6-16/h5,7-10,12,14-15H,2-4,6,11,13H2,1H3,(H,23,24)(H,25,26). The number of nitrogens with zero attached hydrogens (tertiary/aromatic N) is 1. The van der Waals surface area contributed by atoms with E-state index in [1.165, 1.54) is 38.4 Å². The van der Waals surface area contributed by atoms with Gasteiger partial charge < -0.3 is 15.4 Å². The number of ether oxygens (including phenoxy) is 1. The summed E-state index contributed by atoms with van der Waals surface area (Å²) in [6.45, 7) is 0.804. The molecule has 2 aromatic rings. The Morgan fingerprint density at radius 3 is 2.64 bits per heavy atom. The number of methoxy groups -OCH3 is 1. The van der Waals surface area contributed by atoms with Crippen molar-refractivity contribution in [3.8, 4) is 0 Å².